The van der Waals surface area contributed by atoms with Crippen molar-refractivity contribution in [1.29, 1.82) is 0 Å². The maximum Gasteiger partial charge on any atom is 0.259 e. The fourth-order valence-corrected chi connectivity index (χ4v) is 4.82. The van der Waals surface area contributed by atoms with Gasteiger partial charge in [-0.1, -0.05) is 0 Å². The minimum atomic E-state index is -0.240. The number of likely N-dealkylation sites (N-methyl/N-ethyl adjacent to an activating group) is 1. The molecule has 3 aromatic heterocycles. The van der Waals surface area contributed by atoms with Crippen LogP contribution in [-0.2, 0) is 0 Å². The van der Waals surface area contributed by atoms with Gasteiger partial charge in [-0.15, -0.1) is 5.10 Å². The SMILES string of the molecule is CN(CCN1CCN(c2ccc(OC3CCNC3)cc2F)CC1)c1nc(N)n2nc(-c3ccco3)nc2n1. The number of benzene rings is 1. The van der Waals surface area contributed by atoms with Crippen LogP contribution in [0.25, 0.3) is 17.4 Å². The van der Waals surface area contributed by atoms with Gasteiger partial charge in [0.15, 0.2) is 5.76 Å². The van der Waals surface area contributed by atoms with Crippen LogP contribution in [0.15, 0.2) is 41.0 Å². The number of ether oxygens (including phenoxy) is 1. The van der Waals surface area contributed by atoms with Crippen LogP contribution in [-0.4, -0.2) is 95.0 Å². The number of nitrogens with zero attached hydrogens (tertiary/aromatic N) is 8. The minimum absolute atomic E-state index is 0.112. The number of hydrogen-bond acceptors (Lipinski definition) is 11. The summed E-state index contributed by atoms with van der Waals surface area (Å²) >= 11 is 0. The van der Waals surface area contributed by atoms with E-state index >= 15 is 0 Å². The molecule has 1 unspecified atom stereocenters. The molecule has 1 atom stereocenters. The Bertz CT molecular complexity index is 1380. The summed E-state index contributed by atoms with van der Waals surface area (Å²) in [5, 5.41) is 7.59. The fourth-order valence-electron chi connectivity index (χ4n) is 4.82. The number of nitrogen functional groups attached to an aromatic ring is 1. The van der Waals surface area contributed by atoms with Crippen molar-refractivity contribution < 1.29 is 13.5 Å². The van der Waals surface area contributed by atoms with Crippen molar-refractivity contribution in [2.24, 2.45) is 0 Å². The number of piperazine rings is 1. The van der Waals surface area contributed by atoms with Crippen molar-refractivity contribution in [2.75, 3.05) is 74.9 Å². The monoisotopic (exact) mass is 522 g/mol. The quantitative estimate of drug-likeness (QED) is 0.350. The highest BCUT2D eigenvalue weighted by Gasteiger charge is 2.22. The molecule has 5 heterocycles. The van der Waals surface area contributed by atoms with Crippen molar-refractivity contribution in [3.63, 3.8) is 0 Å². The third kappa shape index (κ3) is 5.07. The van der Waals surface area contributed by atoms with Crippen molar-refractivity contribution in [3.05, 3.63) is 42.4 Å². The number of nitrogens with one attached hydrogen (secondary N) is 1. The van der Waals surface area contributed by atoms with Crippen LogP contribution in [0.5, 0.6) is 5.75 Å². The maximum absolute atomic E-state index is 14.9. The van der Waals surface area contributed by atoms with E-state index < -0.39 is 0 Å². The molecule has 2 saturated heterocycles. The fraction of sp³-hybridized carbons (Fsp3) is 0.440. The molecule has 2 fully saturated rings. The normalized spacial score (nSPS) is 18.4. The Morgan fingerprint density at radius 3 is 2.79 bits per heavy atom. The maximum atomic E-state index is 14.9. The average molecular weight is 523 g/mol. The number of furan rings is 1. The van der Waals surface area contributed by atoms with Gasteiger partial charge in [0.1, 0.15) is 17.7 Å². The smallest absolute Gasteiger partial charge is 0.259 e. The molecule has 2 aliphatic rings. The first-order chi connectivity index (χ1) is 18.5. The summed E-state index contributed by atoms with van der Waals surface area (Å²) in [5.74, 6) is 2.33. The van der Waals surface area contributed by atoms with Crippen LogP contribution >= 0.6 is 0 Å². The summed E-state index contributed by atoms with van der Waals surface area (Å²) in [6, 6.07) is 8.75. The third-order valence-corrected chi connectivity index (χ3v) is 7.01. The number of anilines is 3. The van der Waals surface area contributed by atoms with Gasteiger partial charge in [-0.2, -0.15) is 19.5 Å². The number of hydrogen-bond donors (Lipinski definition) is 2. The Labute approximate surface area is 219 Å². The molecule has 0 aliphatic carbocycles. The van der Waals surface area contributed by atoms with Crippen molar-refractivity contribution in [3.8, 4) is 17.3 Å². The van der Waals surface area contributed by atoms with Gasteiger partial charge < -0.3 is 30.0 Å². The first kappa shape index (κ1) is 24.4. The molecule has 3 N–H and O–H groups in total. The Morgan fingerprint density at radius 1 is 1.18 bits per heavy atom. The third-order valence-electron chi connectivity index (χ3n) is 7.01. The summed E-state index contributed by atoms with van der Waals surface area (Å²) in [6.07, 6.45) is 2.62. The molecule has 0 radical (unpaired) electrons. The van der Waals surface area contributed by atoms with E-state index in [1.807, 2.05) is 24.1 Å². The van der Waals surface area contributed by atoms with Gasteiger partial charge >= 0.3 is 0 Å². The molecule has 0 amide bonds. The van der Waals surface area contributed by atoms with E-state index in [0.717, 1.165) is 52.2 Å². The van der Waals surface area contributed by atoms with Crippen molar-refractivity contribution in [2.45, 2.75) is 12.5 Å². The lowest BCUT2D eigenvalue weighted by Gasteiger charge is -2.36. The van der Waals surface area contributed by atoms with E-state index in [9.17, 15) is 4.39 Å². The largest absolute Gasteiger partial charge is 0.489 e. The topological polar surface area (TPSA) is 126 Å². The molecule has 38 heavy (non-hydrogen) atoms. The summed E-state index contributed by atoms with van der Waals surface area (Å²) in [5.41, 5.74) is 6.75. The zero-order valence-corrected chi connectivity index (χ0v) is 21.3. The molecule has 13 heteroatoms. The van der Waals surface area contributed by atoms with E-state index in [4.69, 9.17) is 14.9 Å². The van der Waals surface area contributed by atoms with Crippen LogP contribution in [0.3, 0.4) is 0 Å². The van der Waals surface area contributed by atoms with E-state index in [2.05, 4.69) is 35.2 Å². The van der Waals surface area contributed by atoms with E-state index in [1.54, 1.807) is 18.4 Å². The highest BCUT2D eigenvalue weighted by Crippen LogP contribution is 2.26. The van der Waals surface area contributed by atoms with Gasteiger partial charge in [-0.3, -0.25) is 4.90 Å². The number of halogens is 1. The van der Waals surface area contributed by atoms with Crippen LogP contribution in [0.2, 0.25) is 0 Å². The molecule has 0 saturated carbocycles. The second-order valence-electron chi connectivity index (χ2n) is 9.60. The van der Waals surface area contributed by atoms with Gasteiger partial charge in [0.2, 0.25) is 17.7 Å². The Morgan fingerprint density at radius 2 is 2.05 bits per heavy atom. The van der Waals surface area contributed by atoms with Crippen molar-refractivity contribution >= 4 is 23.4 Å². The second kappa shape index (κ2) is 10.4. The molecule has 12 nitrogen and oxygen atoms in total. The standard InChI is InChI=1S/C25H31FN10O2/c1-33(24-30-23(27)36-25(31-24)29-22(32-36)21-3-2-14-37-21)8-9-34-10-12-35(13-11-34)20-5-4-17(15-19(20)26)38-18-6-7-28-16-18/h2-5,14-15,18,28H,6-13,16H2,1H3,(H2,27,29,30,31,32). The van der Waals surface area contributed by atoms with Gasteiger partial charge in [0.05, 0.1) is 12.0 Å². The number of rotatable bonds is 8. The van der Waals surface area contributed by atoms with Crippen LogP contribution in [0.1, 0.15) is 6.42 Å². The van der Waals surface area contributed by atoms with Crippen LogP contribution < -0.4 is 25.6 Å². The predicted octanol–water partition coefficient (Wildman–Crippen LogP) is 1.50. The van der Waals surface area contributed by atoms with Crippen LogP contribution in [0.4, 0.5) is 22.0 Å². The Hall–Kier alpha value is -3.97. The van der Waals surface area contributed by atoms with E-state index in [-0.39, 0.29) is 17.9 Å². The predicted molar refractivity (Wildman–Crippen MR) is 141 cm³/mol. The highest BCUT2D eigenvalue weighted by molar-refractivity contribution is 5.53. The molecule has 2 aliphatic heterocycles. The molecule has 4 aromatic rings. The molecular weight excluding hydrogens is 491 g/mol. The number of aromatic nitrogens is 5. The zero-order valence-electron chi connectivity index (χ0n) is 21.3. The Kier molecular flexibility index (Phi) is 6.68. The van der Waals surface area contributed by atoms with Gasteiger partial charge in [0.25, 0.3) is 5.78 Å². The molecule has 0 spiro atoms. The zero-order chi connectivity index (χ0) is 26.1. The summed E-state index contributed by atoms with van der Waals surface area (Å²) in [7, 11) is 1.92. The molecule has 1 aromatic carbocycles. The lowest BCUT2D eigenvalue weighted by Crippen LogP contribution is -2.48. The molecular formula is C25H31FN10O2. The summed E-state index contributed by atoms with van der Waals surface area (Å²) in [6.45, 7) is 6.42. The highest BCUT2D eigenvalue weighted by atomic mass is 19.1. The lowest BCUT2D eigenvalue weighted by atomic mass is 10.2. The van der Waals surface area contributed by atoms with Crippen LogP contribution in [0, 0.1) is 5.82 Å². The van der Waals surface area contributed by atoms with E-state index in [1.165, 1.54) is 10.6 Å². The first-order valence-corrected chi connectivity index (χ1v) is 12.8. The first-order valence-electron chi connectivity index (χ1n) is 12.8. The summed E-state index contributed by atoms with van der Waals surface area (Å²) in [4.78, 5) is 19.7. The van der Waals surface area contributed by atoms with Crippen molar-refractivity contribution in [1.82, 2.24) is 34.8 Å². The van der Waals surface area contributed by atoms with Gasteiger partial charge in [-0.05, 0) is 37.2 Å². The molecule has 0 bridgehead atoms. The molecule has 200 valence electrons. The summed E-state index contributed by atoms with van der Waals surface area (Å²) < 4.78 is 27.5. The van der Waals surface area contributed by atoms with E-state index in [0.29, 0.717) is 41.3 Å². The van der Waals surface area contributed by atoms with Gasteiger partial charge in [-0.25, -0.2) is 4.39 Å². The number of nitrogens with two attached hydrogens (primary N) is 1. The lowest BCUT2D eigenvalue weighted by molar-refractivity contribution is 0.222. The Balaban J connectivity index is 1.03. The number of fused-ring (bicyclic) bond motifs is 1. The minimum Gasteiger partial charge on any atom is -0.489 e. The average Bonchev–Trinajstić information content (AvgIpc) is 3.70. The molecule has 6 rings (SSSR count). The van der Waals surface area contributed by atoms with Gasteiger partial charge in [0, 0.05) is 58.9 Å². The second-order valence-corrected chi connectivity index (χ2v) is 9.60.